The summed E-state index contributed by atoms with van der Waals surface area (Å²) >= 11 is 2.68. The number of hydrogen-bond donors (Lipinski definition) is 4. The molecule has 0 aliphatic heterocycles. The molecule has 8 nitrogen and oxygen atoms in total. The van der Waals surface area contributed by atoms with Crippen LogP contribution in [0.2, 0.25) is 0 Å². The highest BCUT2D eigenvalue weighted by Crippen LogP contribution is 2.31. The van der Waals surface area contributed by atoms with Gasteiger partial charge < -0.3 is 30.3 Å². The van der Waals surface area contributed by atoms with E-state index in [0.29, 0.717) is 0 Å². The number of aliphatic hydroxyl groups excluding tert-OH is 2. The zero-order valence-electron chi connectivity index (χ0n) is 22.8. The highest BCUT2D eigenvalue weighted by Gasteiger charge is 2.35. The smallest absolute Gasteiger partial charge is 0.407 e. The fourth-order valence-electron chi connectivity index (χ4n) is 3.25. The van der Waals surface area contributed by atoms with Gasteiger partial charge in [0, 0.05) is 22.9 Å². The van der Waals surface area contributed by atoms with E-state index in [1.807, 2.05) is 60.7 Å². The molecule has 0 saturated carbocycles. The quantitative estimate of drug-likeness (QED) is 0.279. The zero-order valence-corrected chi connectivity index (χ0v) is 24.5. The maximum atomic E-state index is 12.3. The molecule has 0 bridgehead atoms. The summed E-state index contributed by atoms with van der Waals surface area (Å²) in [7, 11) is 0. The van der Waals surface area contributed by atoms with Crippen molar-refractivity contribution in [3.8, 4) is 0 Å². The van der Waals surface area contributed by atoms with E-state index in [1.54, 1.807) is 41.5 Å². The second-order valence-electron chi connectivity index (χ2n) is 10.7. The maximum absolute atomic E-state index is 12.3. The lowest BCUT2D eigenvalue weighted by Crippen LogP contribution is -2.50. The average Bonchev–Trinajstić information content (AvgIpc) is 2.82. The molecule has 4 N–H and O–H groups in total. The Morgan fingerprint density at radius 1 is 0.684 bits per heavy atom. The number of carbonyl (C=O) groups is 2. The van der Waals surface area contributed by atoms with Gasteiger partial charge in [-0.05, 0) is 65.8 Å². The summed E-state index contributed by atoms with van der Waals surface area (Å²) in [6.07, 6.45) is -3.73. The number of carbonyl (C=O) groups excluding carboxylic acids is 2. The number of aliphatic hydroxyl groups is 2. The van der Waals surface area contributed by atoms with Gasteiger partial charge in [0.2, 0.25) is 0 Å². The standard InChI is InChI=1S/C28H40N2O6S2/c1-27(2,3)35-25(33)29-17-21(37-19-13-9-7-10-14-19)23(31)24(32)22(38-20-15-11-8-12-16-20)18-30-26(34)36-28(4,5)6/h7-16,21-24,31-32H,17-18H2,1-6H3,(H,29,33)(H,30,34)/t21-,22-,23+,24+/m0/s1. The number of rotatable bonds is 11. The molecule has 0 aromatic heterocycles. The van der Waals surface area contributed by atoms with Crippen LogP contribution in [0.4, 0.5) is 9.59 Å². The van der Waals surface area contributed by atoms with Crippen molar-refractivity contribution in [2.75, 3.05) is 13.1 Å². The molecule has 2 amide bonds. The molecule has 2 aromatic rings. The largest absolute Gasteiger partial charge is 0.444 e. The van der Waals surface area contributed by atoms with Gasteiger partial charge in [-0.3, -0.25) is 0 Å². The van der Waals surface area contributed by atoms with E-state index in [4.69, 9.17) is 9.47 Å². The molecule has 0 aliphatic rings. The number of amides is 2. The van der Waals surface area contributed by atoms with Gasteiger partial charge in [0.25, 0.3) is 0 Å². The van der Waals surface area contributed by atoms with Crippen LogP contribution in [0, 0.1) is 0 Å². The van der Waals surface area contributed by atoms with E-state index < -0.39 is 46.1 Å². The van der Waals surface area contributed by atoms with Crippen LogP contribution in [0.5, 0.6) is 0 Å². The van der Waals surface area contributed by atoms with E-state index in [1.165, 1.54) is 23.5 Å². The summed E-state index contributed by atoms with van der Waals surface area (Å²) in [4.78, 5) is 26.4. The number of thioether (sulfide) groups is 2. The number of nitrogens with one attached hydrogen (secondary N) is 2. The predicted octanol–water partition coefficient (Wildman–Crippen LogP) is 5.08. The lowest BCUT2D eigenvalue weighted by molar-refractivity contribution is 0.0147. The van der Waals surface area contributed by atoms with Gasteiger partial charge in [-0.15, -0.1) is 23.5 Å². The van der Waals surface area contributed by atoms with Crippen molar-refractivity contribution in [2.45, 2.75) is 85.2 Å². The highest BCUT2D eigenvalue weighted by atomic mass is 32.2. The first-order valence-corrected chi connectivity index (χ1v) is 14.2. The molecule has 38 heavy (non-hydrogen) atoms. The van der Waals surface area contributed by atoms with Crippen molar-refractivity contribution < 1.29 is 29.3 Å². The van der Waals surface area contributed by atoms with Crippen molar-refractivity contribution >= 4 is 35.7 Å². The summed E-state index contributed by atoms with van der Waals surface area (Å²) in [6, 6.07) is 18.9. The lowest BCUT2D eigenvalue weighted by Gasteiger charge is -2.32. The minimum Gasteiger partial charge on any atom is -0.444 e. The fraction of sp³-hybridized carbons (Fsp3) is 0.500. The molecular formula is C28H40N2O6S2. The van der Waals surface area contributed by atoms with Crippen molar-refractivity contribution in [3.63, 3.8) is 0 Å². The molecule has 4 atom stereocenters. The van der Waals surface area contributed by atoms with E-state index in [-0.39, 0.29) is 13.1 Å². The SMILES string of the molecule is CC(C)(C)OC(=O)NC[C@H](Sc1ccccc1)[C@@H](O)[C@H](O)[C@H](CNC(=O)OC(C)(C)C)Sc1ccccc1. The van der Waals surface area contributed by atoms with Gasteiger partial charge in [0.15, 0.2) is 0 Å². The molecule has 0 aliphatic carbocycles. The molecule has 0 radical (unpaired) electrons. The Morgan fingerprint density at radius 3 is 1.29 bits per heavy atom. The van der Waals surface area contributed by atoms with Crippen molar-refractivity contribution in [2.24, 2.45) is 0 Å². The van der Waals surface area contributed by atoms with E-state index in [2.05, 4.69) is 10.6 Å². The molecular weight excluding hydrogens is 524 g/mol. The van der Waals surface area contributed by atoms with Gasteiger partial charge in [-0.25, -0.2) is 9.59 Å². The van der Waals surface area contributed by atoms with Gasteiger partial charge in [-0.2, -0.15) is 0 Å². The third kappa shape index (κ3) is 12.4. The summed E-state index contributed by atoms with van der Waals surface area (Å²) in [5.74, 6) is 0. The van der Waals surface area contributed by atoms with Crippen LogP contribution in [-0.4, -0.2) is 69.4 Å². The number of hydrogen-bond acceptors (Lipinski definition) is 8. The third-order valence-electron chi connectivity index (χ3n) is 4.87. The number of alkyl carbamates (subject to hydrolysis) is 2. The van der Waals surface area contributed by atoms with Crippen LogP contribution >= 0.6 is 23.5 Å². The van der Waals surface area contributed by atoms with Crippen LogP contribution in [0.3, 0.4) is 0 Å². The van der Waals surface area contributed by atoms with Gasteiger partial charge >= 0.3 is 12.2 Å². The Labute approximate surface area is 234 Å². The summed E-state index contributed by atoms with van der Waals surface area (Å²) < 4.78 is 10.7. The van der Waals surface area contributed by atoms with Gasteiger partial charge in [-0.1, -0.05) is 36.4 Å². The molecule has 0 unspecified atom stereocenters. The maximum Gasteiger partial charge on any atom is 0.407 e. The monoisotopic (exact) mass is 564 g/mol. The molecule has 0 spiro atoms. The molecule has 210 valence electrons. The Bertz CT molecular complexity index is 914. The average molecular weight is 565 g/mol. The lowest BCUT2D eigenvalue weighted by atomic mass is 10.1. The summed E-state index contributed by atoms with van der Waals surface area (Å²) in [6.45, 7) is 10.7. The number of benzene rings is 2. The Kier molecular flexibility index (Phi) is 12.3. The first-order valence-electron chi connectivity index (χ1n) is 12.5. The van der Waals surface area contributed by atoms with Crippen LogP contribution < -0.4 is 10.6 Å². The van der Waals surface area contributed by atoms with Crippen molar-refractivity contribution in [1.29, 1.82) is 0 Å². The normalized spacial score (nSPS) is 15.1. The summed E-state index contributed by atoms with van der Waals surface area (Å²) in [5, 5.41) is 26.9. The minimum absolute atomic E-state index is 0.0505. The van der Waals surface area contributed by atoms with Gasteiger partial charge in [0.05, 0.1) is 22.7 Å². The van der Waals surface area contributed by atoms with Crippen LogP contribution in [0.15, 0.2) is 70.5 Å². The van der Waals surface area contributed by atoms with E-state index in [0.717, 1.165) is 9.79 Å². The van der Waals surface area contributed by atoms with Gasteiger partial charge in [0.1, 0.15) is 11.2 Å². The highest BCUT2D eigenvalue weighted by molar-refractivity contribution is 8.00. The first kappa shape index (κ1) is 31.8. The Balaban J connectivity index is 2.21. The first-order chi connectivity index (χ1) is 17.7. The molecule has 0 fully saturated rings. The fourth-order valence-corrected chi connectivity index (χ4v) is 5.51. The van der Waals surface area contributed by atoms with Crippen LogP contribution in [0.1, 0.15) is 41.5 Å². The van der Waals surface area contributed by atoms with E-state index in [9.17, 15) is 19.8 Å². The topological polar surface area (TPSA) is 117 Å². The van der Waals surface area contributed by atoms with Crippen LogP contribution in [0.25, 0.3) is 0 Å². The molecule has 0 saturated heterocycles. The second-order valence-corrected chi connectivity index (χ2v) is 13.3. The molecule has 0 heterocycles. The molecule has 2 rings (SSSR count). The second kappa shape index (κ2) is 14.7. The van der Waals surface area contributed by atoms with E-state index >= 15 is 0 Å². The Hall–Kier alpha value is -2.40. The van der Waals surface area contributed by atoms with Crippen molar-refractivity contribution in [3.05, 3.63) is 60.7 Å². The predicted molar refractivity (Wildman–Crippen MR) is 153 cm³/mol. The number of ether oxygens (including phenoxy) is 2. The zero-order chi connectivity index (χ0) is 28.3. The summed E-state index contributed by atoms with van der Waals surface area (Å²) in [5.41, 5.74) is -1.34. The minimum atomic E-state index is -1.25. The third-order valence-corrected chi connectivity index (χ3v) is 7.45. The van der Waals surface area contributed by atoms with Crippen molar-refractivity contribution in [1.82, 2.24) is 10.6 Å². The Morgan fingerprint density at radius 2 is 1.00 bits per heavy atom. The van der Waals surface area contributed by atoms with Crippen LogP contribution in [-0.2, 0) is 9.47 Å². The molecule has 10 heteroatoms. The molecule has 2 aromatic carbocycles.